The SMILES string of the molecule is CNc1snc(C)c1C(=O)NCCNS(=O)(=O)c1sc(=O)[nH]c1C. The van der Waals surface area contributed by atoms with Gasteiger partial charge >= 0.3 is 4.87 Å². The molecule has 0 saturated heterocycles. The first kappa shape index (κ1) is 18.6. The molecule has 0 fully saturated rings. The maximum atomic E-state index is 12.2. The summed E-state index contributed by atoms with van der Waals surface area (Å²) in [5.74, 6) is -0.327. The minimum absolute atomic E-state index is 0.00506. The number of thiazole rings is 1. The summed E-state index contributed by atoms with van der Waals surface area (Å²) in [4.78, 5) is 25.3. The Morgan fingerprint density at radius 1 is 1.29 bits per heavy atom. The van der Waals surface area contributed by atoms with Crippen LogP contribution in [-0.4, -0.2) is 43.8 Å². The first-order valence-corrected chi connectivity index (χ1v) is 9.95. The van der Waals surface area contributed by atoms with Crippen molar-refractivity contribution in [2.75, 3.05) is 25.5 Å². The summed E-state index contributed by atoms with van der Waals surface area (Å²) >= 11 is 1.81. The second kappa shape index (κ2) is 7.42. The highest BCUT2D eigenvalue weighted by Gasteiger charge is 2.21. The number of amides is 1. The minimum Gasteiger partial charge on any atom is -0.378 e. The van der Waals surface area contributed by atoms with Gasteiger partial charge < -0.3 is 15.6 Å². The van der Waals surface area contributed by atoms with Gasteiger partial charge in [0.25, 0.3) is 15.9 Å². The van der Waals surface area contributed by atoms with Gasteiger partial charge in [-0.3, -0.25) is 9.59 Å². The Morgan fingerprint density at radius 3 is 2.58 bits per heavy atom. The zero-order chi connectivity index (χ0) is 17.9. The number of aromatic nitrogens is 2. The monoisotopic (exact) mass is 391 g/mol. The van der Waals surface area contributed by atoms with E-state index in [2.05, 4.69) is 24.7 Å². The molecule has 2 aromatic rings. The second-order valence-corrected chi connectivity index (χ2v) is 8.52. The lowest BCUT2D eigenvalue weighted by molar-refractivity contribution is 0.0954. The Morgan fingerprint density at radius 2 is 2.00 bits per heavy atom. The highest BCUT2D eigenvalue weighted by Crippen LogP contribution is 2.23. The molecule has 2 aromatic heterocycles. The molecule has 0 bridgehead atoms. The zero-order valence-corrected chi connectivity index (χ0v) is 15.7. The molecule has 1 amide bonds. The molecule has 0 spiro atoms. The summed E-state index contributed by atoms with van der Waals surface area (Å²) in [6.07, 6.45) is 0. The van der Waals surface area contributed by atoms with Gasteiger partial charge in [0.2, 0.25) is 0 Å². The lowest BCUT2D eigenvalue weighted by Gasteiger charge is -2.08. The van der Waals surface area contributed by atoms with Crippen LogP contribution in [0.1, 0.15) is 21.7 Å². The molecule has 24 heavy (non-hydrogen) atoms. The molecule has 0 saturated carbocycles. The van der Waals surface area contributed by atoms with Crippen LogP contribution in [0.3, 0.4) is 0 Å². The number of sulfonamides is 1. The van der Waals surface area contributed by atoms with Gasteiger partial charge in [-0.05, 0) is 25.4 Å². The molecule has 132 valence electrons. The number of rotatable bonds is 7. The third-order valence-electron chi connectivity index (χ3n) is 3.04. The molecule has 0 radical (unpaired) electrons. The molecule has 0 atom stereocenters. The molecule has 0 aromatic carbocycles. The van der Waals surface area contributed by atoms with Crippen LogP contribution in [0.15, 0.2) is 9.00 Å². The smallest absolute Gasteiger partial charge is 0.305 e. The number of carbonyl (C=O) groups excluding carboxylic acids is 1. The van der Waals surface area contributed by atoms with Gasteiger partial charge in [-0.2, -0.15) is 4.37 Å². The number of nitrogens with zero attached hydrogens (tertiary/aromatic N) is 1. The summed E-state index contributed by atoms with van der Waals surface area (Å²) < 4.78 is 30.6. The average Bonchev–Trinajstić information content (AvgIpc) is 3.05. The van der Waals surface area contributed by atoms with Gasteiger partial charge in [-0.1, -0.05) is 11.3 Å². The maximum absolute atomic E-state index is 12.2. The number of carbonyl (C=O) groups is 1. The average molecular weight is 392 g/mol. The van der Waals surface area contributed by atoms with Gasteiger partial charge in [-0.25, -0.2) is 13.1 Å². The molecule has 2 heterocycles. The fraction of sp³-hybridized carbons (Fsp3) is 0.417. The summed E-state index contributed by atoms with van der Waals surface area (Å²) in [6.45, 7) is 3.35. The number of H-pyrrole nitrogens is 1. The highest BCUT2D eigenvalue weighted by atomic mass is 32.2. The molecular weight excluding hydrogens is 374 g/mol. The van der Waals surface area contributed by atoms with Crippen LogP contribution in [-0.2, 0) is 10.0 Å². The second-order valence-electron chi connectivity index (χ2n) is 4.80. The largest absolute Gasteiger partial charge is 0.378 e. The number of aryl methyl sites for hydroxylation is 2. The van der Waals surface area contributed by atoms with Crippen LogP contribution in [0.2, 0.25) is 0 Å². The van der Waals surface area contributed by atoms with E-state index < -0.39 is 14.9 Å². The van der Waals surface area contributed by atoms with Crippen LogP contribution in [0, 0.1) is 13.8 Å². The normalized spacial score (nSPS) is 11.5. The molecule has 2 rings (SSSR count). The fourth-order valence-electron chi connectivity index (χ4n) is 1.97. The van der Waals surface area contributed by atoms with Gasteiger partial charge in [-0.15, -0.1) is 0 Å². The van der Waals surface area contributed by atoms with E-state index in [0.717, 1.165) is 0 Å². The number of hydrogen-bond acceptors (Lipinski definition) is 8. The lowest BCUT2D eigenvalue weighted by Crippen LogP contribution is -2.35. The third kappa shape index (κ3) is 4.01. The van der Waals surface area contributed by atoms with Crippen LogP contribution in [0.5, 0.6) is 0 Å². The molecule has 0 aliphatic carbocycles. The fourth-order valence-corrected chi connectivity index (χ4v) is 5.09. The van der Waals surface area contributed by atoms with Gasteiger partial charge in [0, 0.05) is 25.8 Å². The third-order valence-corrected chi connectivity index (χ3v) is 7.07. The van der Waals surface area contributed by atoms with E-state index in [1.54, 1.807) is 14.0 Å². The standard InChI is InChI=1S/C12H17N5O4S3/c1-6-8(10(13-3)23-17-6)9(18)14-4-5-15-24(20,21)11-7(2)16-12(19)22-11/h13,15H,4-5H2,1-3H3,(H,14,18)(H,16,19). The van der Waals surface area contributed by atoms with E-state index in [1.807, 2.05) is 0 Å². The lowest BCUT2D eigenvalue weighted by atomic mass is 10.2. The van der Waals surface area contributed by atoms with E-state index in [0.29, 0.717) is 33.3 Å². The predicted octanol–water partition coefficient (Wildman–Crippen LogP) is 0.260. The van der Waals surface area contributed by atoms with Crippen molar-refractivity contribution >= 4 is 43.8 Å². The van der Waals surface area contributed by atoms with Gasteiger partial charge in [0.1, 0.15) is 5.00 Å². The first-order chi connectivity index (χ1) is 11.3. The van der Waals surface area contributed by atoms with Crippen molar-refractivity contribution in [2.24, 2.45) is 0 Å². The maximum Gasteiger partial charge on any atom is 0.305 e. The van der Waals surface area contributed by atoms with Crippen molar-refractivity contribution in [1.29, 1.82) is 0 Å². The number of aromatic amines is 1. The van der Waals surface area contributed by atoms with Crippen molar-refractivity contribution in [1.82, 2.24) is 19.4 Å². The van der Waals surface area contributed by atoms with Gasteiger partial charge in [0.15, 0.2) is 4.21 Å². The number of anilines is 1. The van der Waals surface area contributed by atoms with Gasteiger partial charge in [0.05, 0.1) is 11.3 Å². The zero-order valence-electron chi connectivity index (χ0n) is 13.2. The number of nitrogens with one attached hydrogen (secondary N) is 4. The van der Waals surface area contributed by atoms with Crippen LogP contribution < -0.4 is 20.2 Å². The van der Waals surface area contributed by atoms with Crippen molar-refractivity contribution in [2.45, 2.75) is 18.1 Å². The van der Waals surface area contributed by atoms with E-state index in [1.165, 1.54) is 18.5 Å². The molecular formula is C12H17N5O4S3. The summed E-state index contributed by atoms with van der Waals surface area (Å²) in [5.41, 5.74) is 1.35. The molecule has 9 nitrogen and oxygen atoms in total. The topological polar surface area (TPSA) is 133 Å². The van der Waals surface area contributed by atoms with Crippen molar-refractivity contribution < 1.29 is 13.2 Å². The Kier molecular flexibility index (Phi) is 5.74. The molecule has 0 unspecified atom stereocenters. The predicted molar refractivity (Wildman–Crippen MR) is 93.6 cm³/mol. The minimum atomic E-state index is -3.78. The van der Waals surface area contributed by atoms with E-state index in [9.17, 15) is 18.0 Å². The summed E-state index contributed by atoms with van der Waals surface area (Å²) in [7, 11) is -2.08. The summed E-state index contributed by atoms with van der Waals surface area (Å²) in [6, 6.07) is 0. The van der Waals surface area contributed by atoms with E-state index >= 15 is 0 Å². The molecule has 4 N–H and O–H groups in total. The Bertz CT molecular complexity index is 896. The molecule has 0 aliphatic heterocycles. The van der Waals surface area contributed by atoms with Crippen molar-refractivity contribution in [3.8, 4) is 0 Å². The van der Waals surface area contributed by atoms with E-state index in [-0.39, 0.29) is 23.2 Å². The van der Waals surface area contributed by atoms with E-state index in [4.69, 9.17) is 0 Å². The molecule has 0 aliphatic rings. The van der Waals surface area contributed by atoms with Crippen molar-refractivity contribution in [3.63, 3.8) is 0 Å². The van der Waals surface area contributed by atoms with Crippen LogP contribution in [0.25, 0.3) is 0 Å². The Balaban J connectivity index is 1.93. The molecule has 12 heteroatoms. The Labute approximate surface area is 146 Å². The summed E-state index contributed by atoms with van der Waals surface area (Å²) in [5, 5.41) is 6.18. The highest BCUT2D eigenvalue weighted by molar-refractivity contribution is 7.91. The Hall–Kier alpha value is -1.76. The van der Waals surface area contributed by atoms with Crippen LogP contribution >= 0.6 is 22.9 Å². The quantitative estimate of drug-likeness (QED) is 0.500. The van der Waals surface area contributed by atoms with Crippen LogP contribution in [0.4, 0.5) is 5.00 Å². The number of hydrogen-bond donors (Lipinski definition) is 4. The first-order valence-electron chi connectivity index (χ1n) is 6.88. The van der Waals surface area contributed by atoms with Crippen molar-refractivity contribution in [3.05, 3.63) is 26.6 Å².